The molecule has 5 nitrogen and oxygen atoms in total. The molecule has 40 heavy (non-hydrogen) atoms. The number of aryl methyl sites for hydroxylation is 3. The van der Waals surface area contributed by atoms with Gasteiger partial charge in [-0.2, -0.15) is 0 Å². The van der Waals surface area contributed by atoms with Crippen LogP contribution in [0.3, 0.4) is 0 Å². The van der Waals surface area contributed by atoms with Crippen LogP contribution in [-0.2, 0) is 0 Å². The number of rotatable bonds is 7. The summed E-state index contributed by atoms with van der Waals surface area (Å²) in [6.07, 6.45) is 11.1. The summed E-state index contributed by atoms with van der Waals surface area (Å²) in [7, 11) is 0. The summed E-state index contributed by atoms with van der Waals surface area (Å²) in [6.45, 7) is 16.5. The maximum absolute atomic E-state index is 12.4. The zero-order chi connectivity index (χ0) is 29.7. The fraction of sp³-hybridized carbons (Fsp3) is 0.514. The molecule has 5 rings (SSSR count). The topological polar surface area (TPSA) is 72.2 Å². The van der Waals surface area contributed by atoms with Gasteiger partial charge in [0.15, 0.2) is 17.4 Å². The minimum absolute atomic E-state index is 0.0323. The van der Waals surface area contributed by atoms with E-state index >= 15 is 0 Å². The van der Waals surface area contributed by atoms with Gasteiger partial charge >= 0.3 is 0 Å². The number of carbonyl (C=O) groups excluding carboxylic acids is 2. The number of ketones is 1. The van der Waals surface area contributed by atoms with E-state index in [-0.39, 0.29) is 17.4 Å². The van der Waals surface area contributed by atoms with Gasteiger partial charge in [-0.3, -0.25) is 9.59 Å². The van der Waals surface area contributed by atoms with Crippen molar-refractivity contribution in [3.63, 3.8) is 0 Å². The van der Waals surface area contributed by atoms with Gasteiger partial charge in [0.25, 0.3) is 5.91 Å². The lowest BCUT2D eigenvalue weighted by Gasteiger charge is -2.13. The Morgan fingerprint density at radius 2 is 1.35 bits per heavy atom. The number of aromatic nitrogens is 1. The molecule has 0 bridgehead atoms. The lowest BCUT2D eigenvalue weighted by atomic mass is 9.96. The Kier molecular flexibility index (Phi) is 13.9. The number of carbonyl (C=O) groups is 2. The van der Waals surface area contributed by atoms with Gasteiger partial charge in [0.1, 0.15) is 6.26 Å². The van der Waals surface area contributed by atoms with E-state index in [1.807, 2.05) is 13.0 Å². The van der Waals surface area contributed by atoms with Crippen LogP contribution in [0.2, 0.25) is 0 Å². The number of nitrogens with zero attached hydrogens (tertiary/aromatic N) is 1. The summed E-state index contributed by atoms with van der Waals surface area (Å²) in [4.78, 5) is 28.6. The van der Waals surface area contributed by atoms with Gasteiger partial charge in [0.2, 0.25) is 0 Å². The quantitative estimate of drug-likeness (QED) is 0.299. The number of benzene rings is 2. The van der Waals surface area contributed by atoms with Crippen LogP contribution in [0, 0.1) is 20.8 Å². The molecule has 2 aliphatic rings. The average Bonchev–Trinajstić information content (AvgIpc) is 3.90. The predicted molar refractivity (Wildman–Crippen MR) is 167 cm³/mol. The van der Waals surface area contributed by atoms with Crippen LogP contribution in [-0.4, -0.2) is 16.7 Å². The molecule has 2 aromatic carbocycles. The summed E-state index contributed by atoms with van der Waals surface area (Å²) < 4.78 is 5.37. The average molecular weight is 547 g/mol. The van der Waals surface area contributed by atoms with E-state index in [1.165, 1.54) is 43.1 Å². The van der Waals surface area contributed by atoms with Crippen LogP contribution in [0.4, 0.5) is 5.69 Å². The Morgan fingerprint density at radius 1 is 0.825 bits per heavy atom. The Labute approximate surface area is 242 Å². The SMILES string of the molecule is CC(=O)c1cc(NC(=O)c2coc(C3CC3)n2)c(C)cc1C1CC1.CCCC.CCCC.Cc1ccccc1C. The van der Waals surface area contributed by atoms with Crippen LogP contribution in [0.25, 0.3) is 0 Å². The van der Waals surface area contributed by atoms with Gasteiger partial charge in [-0.05, 0) is 87.6 Å². The summed E-state index contributed by atoms with van der Waals surface area (Å²) in [5.74, 6) is 1.23. The van der Waals surface area contributed by atoms with Crippen molar-refractivity contribution in [2.45, 2.75) is 119 Å². The zero-order valence-electron chi connectivity index (χ0n) is 26.0. The molecule has 218 valence electrons. The van der Waals surface area contributed by atoms with Crippen molar-refractivity contribution in [2.75, 3.05) is 5.32 Å². The molecule has 1 aromatic heterocycles. The molecule has 0 radical (unpaired) electrons. The van der Waals surface area contributed by atoms with Crippen LogP contribution >= 0.6 is 0 Å². The van der Waals surface area contributed by atoms with Crippen molar-refractivity contribution in [3.05, 3.63) is 82.1 Å². The van der Waals surface area contributed by atoms with Gasteiger partial charge in [-0.25, -0.2) is 4.98 Å². The highest BCUT2D eigenvalue weighted by molar-refractivity contribution is 6.04. The van der Waals surface area contributed by atoms with E-state index in [4.69, 9.17) is 4.42 Å². The number of Topliss-reactive ketones (excluding diaryl/α,β-unsaturated/α-hetero) is 1. The normalized spacial score (nSPS) is 13.5. The van der Waals surface area contributed by atoms with Gasteiger partial charge in [-0.1, -0.05) is 83.7 Å². The second-order valence-electron chi connectivity index (χ2n) is 11.0. The van der Waals surface area contributed by atoms with Crippen LogP contribution in [0.15, 0.2) is 47.1 Å². The van der Waals surface area contributed by atoms with Crippen molar-refractivity contribution >= 4 is 17.4 Å². The van der Waals surface area contributed by atoms with Crippen LogP contribution in [0.5, 0.6) is 0 Å². The molecule has 3 aromatic rings. The molecule has 5 heteroatoms. The molecule has 1 N–H and O–H groups in total. The highest BCUT2D eigenvalue weighted by Gasteiger charge is 2.30. The van der Waals surface area contributed by atoms with E-state index in [1.54, 1.807) is 13.0 Å². The Balaban J connectivity index is 0.000000288. The first-order valence-electron chi connectivity index (χ1n) is 15.1. The van der Waals surface area contributed by atoms with E-state index < -0.39 is 0 Å². The summed E-state index contributed by atoms with van der Waals surface area (Å²) in [5.41, 5.74) is 6.45. The van der Waals surface area contributed by atoms with Gasteiger partial charge in [0.05, 0.1) is 0 Å². The number of unbranched alkanes of at least 4 members (excludes halogenated alkanes) is 2. The third kappa shape index (κ3) is 10.7. The van der Waals surface area contributed by atoms with Crippen molar-refractivity contribution in [2.24, 2.45) is 0 Å². The van der Waals surface area contributed by atoms with Crippen LogP contribution in [0.1, 0.15) is 147 Å². The maximum Gasteiger partial charge on any atom is 0.277 e. The number of nitrogens with one attached hydrogen (secondary N) is 1. The van der Waals surface area contributed by atoms with E-state index in [0.29, 0.717) is 29.0 Å². The molecule has 0 aliphatic heterocycles. The number of hydrogen-bond donors (Lipinski definition) is 1. The third-order valence-electron chi connectivity index (χ3n) is 7.15. The molecule has 1 amide bonds. The maximum atomic E-state index is 12.4. The number of oxazole rings is 1. The Morgan fingerprint density at radius 3 is 1.77 bits per heavy atom. The van der Waals surface area contributed by atoms with Crippen molar-refractivity contribution < 1.29 is 14.0 Å². The highest BCUT2D eigenvalue weighted by atomic mass is 16.3. The second kappa shape index (κ2) is 16.8. The standard InChI is InChI=1S/C19H20N2O3.C8H10.2C4H10/c1-10-7-15(12-3-4-12)14(11(2)22)8-16(10)20-18(23)17-9-24-19(21-17)13-5-6-13;1-7-5-3-4-6-8(7)2;2*1-3-4-2/h7-9,12-13H,3-6H2,1-2H3,(H,20,23);3-6H,1-2H3;2*3-4H2,1-2H3. The number of hydrogen-bond acceptors (Lipinski definition) is 4. The molecule has 1 heterocycles. The predicted octanol–water partition coefficient (Wildman–Crippen LogP) is 10.1. The number of anilines is 1. The lowest BCUT2D eigenvalue weighted by Crippen LogP contribution is -2.14. The molecular formula is C35H50N2O3. The van der Waals surface area contributed by atoms with E-state index in [9.17, 15) is 9.59 Å². The first-order chi connectivity index (χ1) is 19.2. The molecule has 2 fully saturated rings. The molecular weight excluding hydrogens is 496 g/mol. The first-order valence-corrected chi connectivity index (χ1v) is 15.1. The third-order valence-corrected chi connectivity index (χ3v) is 7.15. The monoisotopic (exact) mass is 546 g/mol. The second-order valence-corrected chi connectivity index (χ2v) is 11.0. The van der Waals surface area contributed by atoms with Crippen molar-refractivity contribution in [1.82, 2.24) is 4.98 Å². The summed E-state index contributed by atoms with van der Waals surface area (Å²) in [6, 6.07) is 12.2. The highest BCUT2D eigenvalue weighted by Crippen LogP contribution is 2.43. The molecule has 2 saturated carbocycles. The summed E-state index contributed by atoms with van der Waals surface area (Å²) >= 11 is 0. The largest absolute Gasteiger partial charge is 0.448 e. The van der Waals surface area contributed by atoms with E-state index in [2.05, 4.69) is 76.1 Å². The molecule has 2 aliphatic carbocycles. The molecule has 0 saturated heterocycles. The summed E-state index contributed by atoms with van der Waals surface area (Å²) in [5, 5.41) is 2.87. The van der Waals surface area contributed by atoms with Crippen LogP contribution < -0.4 is 5.32 Å². The molecule has 0 unspecified atom stereocenters. The zero-order valence-corrected chi connectivity index (χ0v) is 26.0. The van der Waals surface area contributed by atoms with Gasteiger partial charge in [-0.15, -0.1) is 0 Å². The smallest absolute Gasteiger partial charge is 0.277 e. The molecule has 0 atom stereocenters. The van der Waals surface area contributed by atoms with Gasteiger partial charge in [0, 0.05) is 17.2 Å². The van der Waals surface area contributed by atoms with Crippen molar-refractivity contribution in [3.8, 4) is 0 Å². The lowest BCUT2D eigenvalue weighted by molar-refractivity contribution is 0.100. The van der Waals surface area contributed by atoms with Crippen molar-refractivity contribution in [1.29, 1.82) is 0 Å². The minimum Gasteiger partial charge on any atom is -0.448 e. The minimum atomic E-state index is -0.303. The fourth-order valence-electron chi connectivity index (χ4n) is 3.66. The number of amides is 1. The Bertz CT molecular complexity index is 1190. The van der Waals surface area contributed by atoms with Gasteiger partial charge < -0.3 is 9.73 Å². The van der Waals surface area contributed by atoms with E-state index in [0.717, 1.165) is 36.8 Å². The first kappa shape index (κ1) is 33.0. The molecule has 0 spiro atoms. The fourth-order valence-corrected chi connectivity index (χ4v) is 3.66. The Hall–Kier alpha value is -3.21.